The molecule has 5 heteroatoms. The van der Waals surface area contributed by atoms with Crippen LogP contribution < -0.4 is 5.73 Å². The van der Waals surface area contributed by atoms with Crippen LogP contribution in [0.25, 0.3) is 0 Å². The highest BCUT2D eigenvalue weighted by Crippen LogP contribution is 2.15. The summed E-state index contributed by atoms with van der Waals surface area (Å²) in [5, 5.41) is 0. The molecule has 17 heavy (non-hydrogen) atoms. The standard InChI is InChI=1S/C12H25N3O2/c1-4-5-15(7-6-14(2)3)12(16)10-8-17-9-11(10)13/h10-11H,4-9,13H2,1-3H3. The molecule has 2 N–H and O–H groups in total. The van der Waals surface area contributed by atoms with Gasteiger partial charge in [0, 0.05) is 25.7 Å². The van der Waals surface area contributed by atoms with Gasteiger partial charge in [0.15, 0.2) is 0 Å². The summed E-state index contributed by atoms with van der Waals surface area (Å²) in [6.45, 7) is 5.51. The highest BCUT2D eigenvalue weighted by molar-refractivity contribution is 5.80. The van der Waals surface area contributed by atoms with E-state index in [1.165, 1.54) is 0 Å². The van der Waals surface area contributed by atoms with E-state index in [9.17, 15) is 4.79 Å². The van der Waals surface area contributed by atoms with E-state index in [0.717, 1.165) is 26.1 Å². The number of carbonyl (C=O) groups excluding carboxylic acids is 1. The van der Waals surface area contributed by atoms with Gasteiger partial charge in [0.2, 0.25) is 5.91 Å². The highest BCUT2D eigenvalue weighted by Gasteiger charge is 2.33. The molecule has 1 fully saturated rings. The molecule has 1 aliphatic rings. The van der Waals surface area contributed by atoms with Crippen LogP contribution in [0.5, 0.6) is 0 Å². The van der Waals surface area contributed by atoms with Gasteiger partial charge in [-0.3, -0.25) is 4.79 Å². The van der Waals surface area contributed by atoms with Crippen molar-refractivity contribution >= 4 is 5.91 Å². The molecular formula is C12H25N3O2. The number of nitrogens with zero attached hydrogens (tertiary/aromatic N) is 2. The topological polar surface area (TPSA) is 58.8 Å². The zero-order valence-corrected chi connectivity index (χ0v) is 11.2. The number of amides is 1. The molecule has 1 aliphatic heterocycles. The van der Waals surface area contributed by atoms with Gasteiger partial charge < -0.3 is 20.3 Å². The molecule has 1 saturated heterocycles. The van der Waals surface area contributed by atoms with Gasteiger partial charge in [-0.05, 0) is 20.5 Å². The first kappa shape index (κ1) is 14.4. The highest BCUT2D eigenvalue weighted by atomic mass is 16.5. The fourth-order valence-electron chi connectivity index (χ4n) is 1.98. The molecule has 0 spiro atoms. The number of rotatable bonds is 6. The van der Waals surface area contributed by atoms with Crippen molar-refractivity contribution in [3.05, 3.63) is 0 Å². The average Bonchev–Trinajstić information content (AvgIpc) is 2.69. The molecule has 0 aromatic carbocycles. The van der Waals surface area contributed by atoms with Gasteiger partial charge in [-0.1, -0.05) is 6.92 Å². The van der Waals surface area contributed by atoms with Gasteiger partial charge in [0.05, 0.1) is 19.1 Å². The second kappa shape index (κ2) is 6.93. The van der Waals surface area contributed by atoms with Crippen molar-refractivity contribution in [2.75, 3.05) is 46.9 Å². The van der Waals surface area contributed by atoms with Crippen LogP contribution in [0.4, 0.5) is 0 Å². The van der Waals surface area contributed by atoms with Gasteiger partial charge in [-0.25, -0.2) is 0 Å². The summed E-state index contributed by atoms with van der Waals surface area (Å²) in [6.07, 6.45) is 0.974. The molecule has 1 heterocycles. The lowest BCUT2D eigenvalue weighted by molar-refractivity contribution is -0.136. The van der Waals surface area contributed by atoms with E-state index in [4.69, 9.17) is 10.5 Å². The number of nitrogens with two attached hydrogens (primary N) is 1. The van der Waals surface area contributed by atoms with Crippen LogP contribution in [-0.2, 0) is 9.53 Å². The van der Waals surface area contributed by atoms with Crippen molar-refractivity contribution < 1.29 is 9.53 Å². The first-order valence-electron chi connectivity index (χ1n) is 6.33. The Morgan fingerprint density at radius 1 is 1.29 bits per heavy atom. The predicted molar refractivity (Wildman–Crippen MR) is 67.7 cm³/mol. The zero-order chi connectivity index (χ0) is 12.8. The minimum atomic E-state index is -0.149. The number of hydrogen-bond acceptors (Lipinski definition) is 4. The SMILES string of the molecule is CCCN(CCN(C)C)C(=O)C1COCC1N. The Bertz CT molecular complexity index is 246. The summed E-state index contributed by atoms with van der Waals surface area (Å²) in [5.41, 5.74) is 5.89. The molecule has 1 amide bonds. The monoisotopic (exact) mass is 243 g/mol. The second-order valence-electron chi connectivity index (χ2n) is 4.94. The van der Waals surface area contributed by atoms with Crippen LogP contribution in [0.3, 0.4) is 0 Å². The quantitative estimate of drug-likeness (QED) is 0.699. The van der Waals surface area contributed by atoms with Gasteiger partial charge in [0.25, 0.3) is 0 Å². The van der Waals surface area contributed by atoms with E-state index in [2.05, 4.69) is 11.8 Å². The number of carbonyl (C=O) groups is 1. The molecular weight excluding hydrogens is 218 g/mol. The Labute approximate surface area is 104 Å². The average molecular weight is 243 g/mol. The van der Waals surface area contributed by atoms with E-state index >= 15 is 0 Å². The number of ether oxygens (including phenoxy) is 1. The van der Waals surface area contributed by atoms with Crippen molar-refractivity contribution in [2.45, 2.75) is 19.4 Å². The minimum absolute atomic E-state index is 0.138. The lowest BCUT2D eigenvalue weighted by Gasteiger charge is -2.27. The maximum absolute atomic E-state index is 12.3. The first-order chi connectivity index (χ1) is 8.06. The third kappa shape index (κ3) is 4.26. The Balaban J connectivity index is 2.53. The molecule has 1 rings (SSSR count). The minimum Gasteiger partial charge on any atom is -0.379 e. The Kier molecular flexibility index (Phi) is 5.88. The summed E-state index contributed by atoms with van der Waals surface area (Å²) in [6, 6.07) is -0.138. The van der Waals surface area contributed by atoms with Crippen molar-refractivity contribution in [3.63, 3.8) is 0 Å². The largest absolute Gasteiger partial charge is 0.379 e. The summed E-state index contributed by atoms with van der Waals surface area (Å²) in [4.78, 5) is 16.3. The van der Waals surface area contributed by atoms with Crippen LogP contribution >= 0.6 is 0 Å². The van der Waals surface area contributed by atoms with Gasteiger partial charge in [-0.15, -0.1) is 0 Å². The molecule has 2 atom stereocenters. The third-order valence-electron chi connectivity index (χ3n) is 3.06. The van der Waals surface area contributed by atoms with Gasteiger partial charge in [0.1, 0.15) is 0 Å². The molecule has 0 aliphatic carbocycles. The van der Waals surface area contributed by atoms with Crippen LogP contribution in [0.1, 0.15) is 13.3 Å². The lowest BCUT2D eigenvalue weighted by atomic mass is 10.0. The van der Waals surface area contributed by atoms with Crippen LogP contribution in [0.15, 0.2) is 0 Å². The summed E-state index contributed by atoms with van der Waals surface area (Å²) in [7, 11) is 4.03. The molecule has 0 aromatic rings. The number of likely N-dealkylation sites (N-methyl/N-ethyl adjacent to an activating group) is 1. The number of hydrogen-bond donors (Lipinski definition) is 1. The lowest BCUT2D eigenvalue weighted by Crippen LogP contribution is -2.45. The fraction of sp³-hybridized carbons (Fsp3) is 0.917. The smallest absolute Gasteiger partial charge is 0.229 e. The van der Waals surface area contributed by atoms with E-state index < -0.39 is 0 Å². The molecule has 100 valence electrons. The van der Waals surface area contributed by atoms with Crippen LogP contribution in [0, 0.1) is 5.92 Å². The molecule has 0 radical (unpaired) electrons. The Morgan fingerprint density at radius 3 is 2.47 bits per heavy atom. The Morgan fingerprint density at radius 2 is 2.00 bits per heavy atom. The fourth-order valence-corrected chi connectivity index (χ4v) is 1.98. The molecule has 2 unspecified atom stereocenters. The normalized spacial score (nSPS) is 24.3. The van der Waals surface area contributed by atoms with Gasteiger partial charge >= 0.3 is 0 Å². The van der Waals surface area contributed by atoms with Crippen LogP contribution in [0.2, 0.25) is 0 Å². The molecule has 5 nitrogen and oxygen atoms in total. The third-order valence-corrected chi connectivity index (χ3v) is 3.06. The second-order valence-corrected chi connectivity index (χ2v) is 4.94. The molecule has 0 aromatic heterocycles. The Hall–Kier alpha value is -0.650. The molecule has 0 bridgehead atoms. The zero-order valence-electron chi connectivity index (χ0n) is 11.2. The summed E-state index contributed by atoms with van der Waals surface area (Å²) in [5.74, 6) is 0.00223. The van der Waals surface area contributed by atoms with E-state index in [1.54, 1.807) is 0 Å². The summed E-state index contributed by atoms with van der Waals surface area (Å²) < 4.78 is 5.26. The van der Waals surface area contributed by atoms with Crippen LogP contribution in [-0.4, -0.2) is 68.7 Å². The predicted octanol–water partition coefficient (Wildman–Crippen LogP) is -0.240. The maximum atomic E-state index is 12.3. The van der Waals surface area contributed by atoms with Crippen molar-refractivity contribution in [1.82, 2.24) is 9.80 Å². The maximum Gasteiger partial charge on any atom is 0.229 e. The van der Waals surface area contributed by atoms with Crippen molar-refractivity contribution in [2.24, 2.45) is 11.7 Å². The van der Waals surface area contributed by atoms with E-state index in [1.807, 2.05) is 19.0 Å². The first-order valence-corrected chi connectivity index (χ1v) is 6.33. The van der Waals surface area contributed by atoms with Crippen molar-refractivity contribution in [1.29, 1.82) is 0 Å². The summed E-state index contributed by atoms with van der Waals surface area (Å²) >= 11 is 0. The van der Waals surface area contributed by atoms with E-state index in [-0.39, 0.29) is 17.9 Å². The molecule has 0 saturated carbocycles. The van der Waals surface area contributed by atoms with E-state index in [0.29, 0.717) is 13.2 Å². The van der Waals surface area contributed by atoms with Gasteiger partial charge in [-0.2, -0.15) is 0 Å². The van der Waals surface area contributed by atoms with Crippen molar-refractivity contribution in [3.8, 4) is 0 Å².